The maximum atomic E-state index is 11.5. The summed E-state index contributed by atoms with van der Waals surface area (Å²) in [5.41, 5.74) is 0.0317. The Balaban J connectivity index is 2.37. The minimum absolute atomic E-state index is 0.0317. The van der Waals surface area contributed by atoms with Crippen molar-refractivity contribution in [3.8, 4) is 0 Å². The quantitative estimate of drug-likeness (QED) is 0.836. The number of hydrogen-bond donors (Lipinski definition) is 2. The molecule has 0 radical (unpaired) electrons. The number of aromatic carboxylic acids is 1. The number of amides is 1. The summed E-state index contributed by atoms with van der Waals surface area (Å²) in [5, 5.41) is 18.3. The van der Waals surface area contributed by atoms with E-state index in [1.54, 1.807) is 0 Å². The molecular weight excluding hydrogens is 292 g/mol. The zero-order valence-electron chi connectivity index (χ0n) is 8.63. The van der Waals surface area contributed by atoms with Gasteiger partial charge in [0.05, 0.1) is 29.1 Å². The summed E-state index contributed by atoms with van der Waals surface area (Å²) < 4.78 is 0.348. The van der Waals surface area contributed by atoms with Crippen LogP contribution in [0.5, 0.6) is 0 Å². The molecule has 6 nitrogen and oxygen atoms in total. The molecular formula is C10H9BrN2O4. The molecule has 2 N–H and O–H groups in total. The number of aliphatic hydroxyl groups is 1. The predicted molar refractivity (Wildman–Crippen MR) is 61.9 cm³/mol. The number of carbonyl (C=O) groups is 2. The van der Waals surface area contributed by atoms with Crippen LogP contribution in [0.15, 0.2) is 16.7 Å². The number of carboxylic acid groups (broad SMARTS) is 1. The first kappa shape index (κ1) is 12.0. The Kier molecular flexibility index (Phi) is 3.12. The number of nitrogens with zero attached hydrogens (tertiary/aromatic N) is 2. The van der Waals surface area contributed by atoms with E-state index in [1.807, 2.05) is 0 Å². The van der Waals surface area contributed by atoms with Crippen LogP contribution in [-0.4, -0.2) is 39.7 Å². The van der Waals surface area contributed by atoms with Crippen molar-refractivity contribution in [3.63, 3.8) is 0 Å². The minimum atomic E-state index is -1.10. The Morgan fingerprint density at radius 1 is 1.59 bits per heavy atom. The Morgan fingerprint density at radius 2 is 2.29 bits per heavy atom. The van der Waals surface area contributed by atoms with E-state index >= 15 is 0 Å². The molecule has 7 heteroatoms. The van der Waals surface area contributed by atoms with Crippen molar-refractivity contribution in [1.29, 1.82) is 0 Å². The highest BCUT2D eigenvalue weighted by Crippen LogP contribution is 2.24. The van der Waals surface area contributed by atoms with E-state index in [1.165, 1.54) is 17.2 Å². The summed E-state index contributed by atoms with van der Waals surface area (Å²) in [6.07, 6.45) is 0.651. The molecule has 1 atom stereocenters. The fourth-order valence-electron chi connectivity index (χ4n) is 1.65. The van der Waals surface area contributed by atoms with Gasteiger partial charge in [-0.05, 0) is 22.0 Å². The van der Waals surface area contributed by atoms with Gasteiger partial charge in [-0.1, -0.05) is 0 Å². The zero-order chi connectivity index (χ0) is 12.6. The highest BCUT2D eigenvalue weighted by atomic mass is 79.9. The van der Waals surface area contributed by atoms with Crippen LogP contribution >= 0.6 is 15.9 Å². The fourth-order valence-corrected chi connectivity index (χ4v) is 2.04. The lowest BCUT2D eigenvalue weighted by Crippen LogP contribution is -2.26. The molecule has 0 aliphatic carbocycles. The third kappa shape index (κ3) is 2.29. The number of carboxylic acids is 1. The standard InChI is InChI=1S/C10H9BrN2O4/c11-7-3-12-8(2-6(7)10(16)17)13-4-5(14)1-9(13)15/h2-3,5,14H,1,4H2,(H,16,17). The SMILES string of the molecule is O=C(O)c1cc(N2CC(O)CC2=O)ncc1Br. The second kappa shape index (κ2) is 4.42. The highest BCUT2D eigenvalue weighted by molar-refractivity contribution is 9.10. The van der Waals surface area contributed by atoms with Gasteiger partial charge in [-0.3, -0.25) is 9.69 Å². The first-order valence-electron chi connectivity index (χ1n) is 4.86. The van der Waals surface area contributed by atoms with Crippen LogP contribution in [0.3, 0.4) is 0 Å². The molecule has 1 aliphatic rings. The van der Waals surface area contributed by atoms with Crippen molar-refractivity contribution in [2.45, 2.75) is 12.5 Å². The van der Waals surface area contributed by atoms with Gasteiger partial charge in [0, 0.05) is 6.20 Å². The van der Waals surface area contributed by atoms with E-state index in [9.17, 15) is 14.7 Å². The summed E-state index contributed by atoms with van der Waals surface area (Å²) in [6, 6.07) is 1.31. The van der Waals surface area contributed by atoms with Gasteiger partial charge in [0.1, 0.15) is 5.82 Å². The molecule has 0 aromatic carbocycles. The number of carbonyl (C=O) groups excluding carboxylic acids is 1. The van der Waals surface area contributed by atoms with Gasteiger partial charge in [-0.15, -0.1) is 0 Å². The van der Waals surface area contributed by atoms with E-state index in [0.717, 1.165) is 0 Å². The predicted octanol–water partition coefficient (Wildman–Crippen LogP) is 0.640. The third-order valence-electron chi connectivity index (χ3n) is 2.45. The molecule has 2 rings (SSSR count). The van der Waals surface area contributed by atoms with Crippen molar-refractivity contribution < 1.29 is 19.8 Å². The second-order valence-electron chi connectivity index (χ2n) is 3.69. The normalized spacial score (nSPS) is 19.8. The van der Waals surface area contributed by atoms with Crippen LogP contribution in [0.1, 0.15) is 16.8 Å². The molecule has 1 aromatic rings. The molecule has 1 fully saturated rings. The molecule has 1 aromatic heterocycles. The Hall–Kier alpha value is -1.47. The van der Waals surface area contributed by atoms with Crippen LogP contribution in [-0.2, 0) is 4.79 Å². The number of anilines is 1. The molecule has 1 aliphatic heterocycles. The monoisotopic (exact) mass is 300 g/mol. The van der Waals surface area contributed by atoms with Crippen LogP contribution in [0.2, 0.25) is 0 Å². The van der Waals surface area contributed by atoms with Crippen molar-refractivity contribution in [3.05, 3.63) is 22.3 Å². The summed E-state index contributed by atoms with van der Waals surface area (Å²) in [6.45, 7) is 0.145. The lowest BCUT2D eigenvalue weighted by molar-refractivity contribution is -0.117. The van der Waals surface area contributed by atoms with E-state index in [0.29, 0.717) is 4.47 Å². The number of pyridine rings is 1. The first-order chi connectivity index (χ1) is 7.99. The van der Waals surface area contributed by atoms with E-state index in [-0.39, 0.29) is 30.3 Å². The van der Waals surface area contributed by atoms with E-state index in [2.05, 4.69) is 20.9 Å². The van der Waals surface area contributed by atoms with Crippen LogP contribution in [0.4, 0.5) is 5.82 Å². The molecule has 17 heavy (non-hydrogen) atoms. The van der Waals surface area contributed by atoms with Crippen LogP contribution < -0.4 is 4.90 Å². The summed E-state index contributed by atoms with van der Waals surface area (Å²) in [7, 11) is 0. The maximum absolute atomic E-state index is 11.5. The average Bonchev–Trinajstić information content (AvgIpc) is 2.58. The highest BCUT2D eigenvalue weighted by Gasteiger charge is 2.30. The van der Waals surface area contributed by atoms with Gasteiger partial charge in [0.15, 0.2) is 0 Å². The van der Waals surface area contributed by atoms with E-state index < -0.39 is 12.1 Å². The van der Waals surface area contributed by atoms with Gasteiger partial charge in [-0.2, -0.15) is 0 Å². The molecule has 1 saturated heterocycles. The lowest BCUT2D eigenvalue weighted by Gasteiger charge is -2.15. The van der Waals surface area contributed by atoms with Gasteiger partial charge in [-0.25, -0.2) is 9.78 Å². The minimum Gasteiger partial charge on any atom is -0.478 e. The molecule has 1 unspecified atom stereocenters. The summed E-state index contributed by atoms with van der Waals surface area (Å²) in [4.78, 5) is 27.7. The van der Waals surface area contributed by atoms with E-state index in [4.69, 9.17) is 5.11 Å². The number of halogens is 1. The van der Waals surface area contributed by atoms with Gasteiger partial charge < -0.3 is 10.2 Å². The molecule has 1 amide bonds. The Bertz CT molecular complexity index is 491. The fraction of sp³-hybridized carbons (Fsp3) is 0.300. The maximum Gasteiger partial charge on any atom is 0.337 e. The number of β-amino-alcohol motifs (C(OH)–C–C–N with tert-alkyl or cyclic N) is 1. The van der Waals surface area contributed by atoms with Crippen LogP contribution in [0.25, 0.3) is 0 Å². The molecule has 0 saturated carbocycles. The molecule has 0 spiro atoms. The van der Waals surface area contributed by atoms with Crippen molar-refractivity contribution >= 4 is 33.6 Å². The van der Waals surface area contributed by atoms with Gasteiger partial charge in [0.2, 0.25) is 5.91 Å². The lowest BCUT2D eigenvalue weighted by atomic mass is 10.2. The summed E-state index contributed by atoms with van der Waals surface area (Å²) in [5.74, 6) is -1.12. The zero-order valence-corrected chi connectivity index (χ0v) is 10.2. The number of rotatable bonds is 2. The van der Waals surface area contributed by atoms with Gasteiger partial charge >= 0.3 is 5.97 Å². The Labute approximate surface area is 105 Å². The van der Waals surface area contributed by atoms with Crippen molar-refractivity contribution in [1.82, 2.24) is 4.98 Å². The third-order valence-corrected chi connectivity index (χ3v) is 3.08. The van der Waals surface area contributed by atoms with Gasteiger partial charge in [0.25, 0.3) is 0 Å². The first-order valence-corrected chi connectivity index (χ1v) is 5.65. The second-order valence-corrected chi connectivity index (χ2v) is 4.54. The average molecular weight is 301 g/mol. The number of aromatic nitrogens is 1. The van der Waals surface area contributed by atoms with Crippen LogP contribution in [0, 0.1) is 0 Å². The largest absolute Gasteiger partial charge is 0.478 e. The number of hydrogen-bond acceptors (Lipinski definition) is 4. The van der Waals surface area contributed by atoms with Crippen molar-refractivity contribution in [2.24, 2.45) is 0 Å². The number of aliphatic hydroxyl groups excluding tert-OH is 1. The van der Waals surface area contributed by atoms with Crippen molar-refractivity contribution in [2.75, 3.05) is 11.4 Å². The molecule has 2 heterocycles. The topological polar surface area (TPSA) is 90.7 Å². The smallest absolute Gasteiger partial charge is 0.337 e. The Morgan fingerprint density at radius 3 is 2.82 bits per heavy atom. The molecule has 0 bridgehead atoms. The summed E-state index contributed by atoms with van der Waals surface area (Å²) >= 11 is 3.07. The molecule has 90 valence electrons.